The molecule has 1 aromatic carbocycles. The highest BCUT2D eigenvalue weighted by Crippen LogP contribution is 2.33. The number of nitrogens with zero attached hydrogens (tertiary/aromatic N) is 1. The molecule has 0 spiro atoms. The van der Waals surface area contributed by atoms with Gasteiger partial charge in [0, 0.05) is 30.2 Å². The lowest BCUT2D eigenvalue weighted by atomic mass is 9.89. The molecule has 132 valence electrons. The van der Waals surface area contributed by atoms with Gasteiger partial charge in [0.1, 0.15) is 5.82 Å². The van der Waals surface area contributed by atoms with Crippen LogP contribution >= 0.6 is 12.4 Å². The second-order valence-electron chi connectivity index (χ2n) is 6.43. The maximum Gasteiger partial charge on any atom is 0.239 e. The summed E-state index contributed by atoms with van der Waals surface area (Å²) in [5, 5.41) is 1.08. The number of aromatic amines is 1. The van der Waals surface area contributed by atoms with Gasteiger partial charge in [0.2, 0.25) is 5.91 Å². The zero-order chi connectivity index (χ0) is 16.4. The third kappa shape index (κ3) is 3.73. The first-order valence-corrected chi connectivity index (χ1v) is 8.41. The molecular formula is C18H25ClFN3O. The Hall–Kier alpha value is -1.59. The van der Waals surface area contributed by atoms with Crippen LogP contribution in [0.4, 0.5) is 4.39 Å². The largest absolute Gasteiger partial charge is 0.361 e. The number of carbonyl (C=O) groups excluding carboxylic acids is 1. The van der Waals surface area contributed by atoms with Crippen molar-refractivity contribution in [3.63, 3.8) is 0 Å². The zero-order valence-electron chi connectivity index (χ0n) is 13.9. The molecule has 0 radical (unpaired) electrons. The number of aromatic nitrogens is 1. The Balaban J connectivity index is 0.00000208. The number of carbonyl (C=O) groups is 1. The number of likely N-dealkylation sites (tertiary alicyclic amines) is 1. The van der Waals surface area contributed by atoms with Crippen LogP contribution in [0.5, 0.6) is 0 Å². The number of hydrogen-bond donors (Lipinski definition) is 2. The van der Waals surface area contributed by atoms with Crippen LogP contribution in [0.15, 0.2) is 24.4 Å². The van der Waals surface area contributed by atoms with Crippen molar-refractivity contribution in [3.05, 3.63) is 35.8 Å². The number of H-pyrrole nitrogens is 1. The fraction of sp³-hybridized carbons (Fsp3) is 0.500. The van der Waals surface area contributed by atoms with Crippen LogP contribution in [0.25, 0.3) is 10.9 Å². The SMILES string of the molecule is CCCC(N)C(=O)N1CCC(c2c[nH]c3cc(F)ccc23)CC1.Cl. The second kappa shape index (κ2) is 7.99. The lowest BCUT2D eigenvalue weighted by Crippen LogP contribution is -2.46. The smallest absolute Gasteiger partial charge is 0.239 e. The number of nitrogens with one attached hydrogen (secondary N) is 1. The highest BCUT2D eigenvalue weighted by molar-refractivity contribution is 5.85. The van der Waals surface area contributed by atoms with Crippen molar-refractivity contribution < 1.29 is 9.18 Å². The Morgan fingerprint density at radius 2 is 2.12 bits per heavy atom. The van der Waals surface area contributed by atoms with Gasteiger partial charge in [-0.3, -0.25) is 4.79 Å². The molecule has 1 fully saturated rings. The normalized spacial score (nSPS) is 16.9. The van der Waals surface area contributed by atoms with Crippen LogP contribution in [-0.4, -0.2) is 34.9 Å². The predicted octanol–water partition coefficient (Wildman–Crippen LogP) is 3.56. The fourth-order valence-electron chi connectivity index (χ4n) is 3.54. The lowest BCUT2D eigenvalue weighted by molar-refractivity contribution is -0.133. The van der Waals surface area contributed by atoms with Crippen molar-refractivity contribution in [1.82, 2.24) is 9.88 Å². The molecule has 1 saturated heterocycles. The standard InChI is InChI=1S/C18H24FN3O.ClH/c1-2-3-16(20)18(23)22-8-6-12(7-9-22)15-11-21-17-10-13(19)4-5-14(15)17;/h4-5,10-12,16,21H,2-3,6-9,20H2,1H3;1H. The number of amides is 1. The first-order valence-electron chi connectivity index (χ1n) is 8.41. The topological polar surface area (TPSA) is 62.1 Å². The Labute approximate surface area is 148 Å². The van der Waals surface area contributed by atoms with E-state index in [1.165, 1.54) is 17.7 Å². The van der Waals surface area contributed by atoms with Crippen LogP contribution in [-0.2, 0) is 4.79 Å². The van der Waals surface area contributed by atoms with Gasteiger partial charge in [-0.1, -0.05) is 13.3 Å². The van der Waals surface area contributed by atoms with Crippen LogP contribution in [0, 0.1) is 5.82 Å². The van der Waals surface area contributed by atoms with Gasteiger partial charge < -0.3 is 15.6 Å². The van der Waals surface area contributed by atoms with Gasteiger partial charge in [0.15, 0.2) is 0 Å². The van der Waals surface area contributed by atoms with Crippen LogP contribution in [0.2, 0.25) is 0 Å². The molecule has 6 heteroatoms. The molecule has 1 aliphatic heterocycles. The van der Waals surface area contributed by atoms with Crippen molar-refractivity contribution in [2.75, 3.05) is 13.1 Å². The monoisotopic (exact) mass is 353 g/mol. The van der Waals surface area contributed by atoms with Gasteiger partial charge in [-0.2, -0.15) is 0 Å². The van der Waals surface area contributed by atoms with Crippen LogP contribution < -0.4 is 5.73 Å². The summed E-state index contributed by atoms with van der Waals surface area (Å²) in [7, 11) is 0. The Morgan fingerprint density at radius 1 is 1.42 bits per heavy atom. The summed E-state index contributed by atoms with van der Waals surface area (Å²) in [6.07, 6.45) is 5.50. The molecule has 0 saturated carbocycles. The number of benzene rings is 1. The molecule has 2 aromatic rings. The van der Waals surface area contributed by atoms with Gasteiger partial charge >= 0.3 is 0 Å². The highest BCUT2D eigenvalue weighted by atomic mass is 35.5. The van der Waals surface area contributed by atoms with E-state index in [4.69, 9.17) is 5.73 Å². The highest BCUT2D eigenvalue weighted by Gasteiger charge is 2.27. The van der Waals surface area contributed by atoms with Crippen molar-refractivity contribution in [2.45, 2.75) is 44.6 Å². The summed E-state index contributed by atoms with van der Waals surface area (Å²) in [6, 6.07) is 4.50. The van der Waals surface area contributed by atoms with E-state index in [1.54, 1.807) is 0 Å². The molecule has 1 aliphatic rings. The average molecular weight is 354 g/mol. The number of piperidine rings is 1. The predicted molar refractivity (Wildman–Crippen MR) is 96.9 cm³/mol. The maximum absolute atomic E-state index is 13.3. The number of hydrogen-bond acceptors (Lipinski definition) is 2. The van der Waals surface area contributed by atoms with Gasteiger partial charge in [0.25, 0.3) is 0 Å². The molecule has 1 unspecified atom stereocenters. The number of nitrogens with two attached hydrogens (primary N) is 1. The van der Waals surface area contributed by atoms with Crippen molar-refractivity contribution >= 4 is 29.2 Å². The third-order valence-corrected chi connectivity index (χ3v) is 4.84. The van der Waals surface area contributed by atoms with Crippen molar-refractivity contribution in [1.29, 1.82) is 0 Å². The van der Waals surface area contributed by atoms with Gasteiger partial charge in [-0.25, -0.2) is 4.39 Å². The van der Waals surface area contributed by atoms with E-state index in [0.29, 0.717) is 5.92 Å². The molecule has 2 heterocycles. The van der Waals surface area contributed by atoms with E-state index in [0.717, 1.165) is 49.7 Å². The van der Waals surface area contributed by atoms with Gasteiger partial charge in [-0.15, -0.1) is 12.4 Å². The Bertz CT molecular complexity index is 695. The van der Waals surface area contributed by atoms with Crippen LogP contribution in [0.3, 0.4) is 0 Å². The molecular weight excluding hydrogens is 329 g/mol. The molecule has 4 nitrogen and oxygen atoms in total. The number of fused-ring (bicyclic) bond motifs is 1. The molecule has 3 rings (SSSR count). The summed E-state index contributed by atoms with van der Waals surface area (Å²) >= 11 is 0. The van der Waals surface area contributed by atoms with E-state index >= 15 is 0 Å². The molecule has 0 aliphatic carbocycles. The summed E-state index contributed by atoms with van der Waals surface area (Å²) in [6.45, 7) is 3.53. The van der Waals surface area contributed by atoms with E-state index in [9.17, 15) is 9.18 Å². The van der Waals surface area contributed by atoms with Crippen molar-refractivity contribution in [3.8, 4) is 0 Å². The maximum atomic E-state index is 13.3. The van der Waals surface area contributed by atoms with Gasteiger partial charge in [-0.05, 0) is 48.9 Å². The molecule has 1 aromatic heterocycles. The molecule has 1 amide bonds. The van der Waals surface area contributed by atoms with Gasteiger partial charge in [0.05, 0.1) is 6.04 Å². The van der Waals surface area contributed by atoms with Crippen molar-refractivity contribution in [2.24, 2.45) is 5.73 Å². The zero-order valence-corrected chi connectivity index (χ0v) is 14.7. The summed E-state index contributed by atoms with van der Waals surface area (Å²) in [5.74, 6) is 0.253. The minimum absolute atomic E-state index is 0. The molecule has 24 heavy (non-hydrogen) atoms. The molecule has 0 bridgehead atoms. The quantitative estimate of drug-likeness (QED) is 0.882. The minimum Gasteiger partial charge on any atom is -0.361 e. The third-order valence-electron chi connectivity index (χ3n) is 4.84. The Morgan fingerprint density at radius 3 is 2.79 bits per heavy atom. The number of halogens is 2. The lowest BCUT2D eigenvalue weighted by Gasteiger charge is -2.33. The van der Waals surface area contributed by atoms with E-state index in [2.05, 4.69) is 4.98 Å². The second-order valence-corrected chi connectivity index (χ2v) is 6.43. The van der Waals surface area contributed by atoms with E-state index in [-0.39, 0.29) is 30.2 Å². The Kier molecular flexibility index (Phi) is 6.24. The average Bonchev–Trinajstić information content (AvgIpc) is 2.97. The first-order chi connectivity index (χ1) is 11.1. The molecule has 1 atom stereocenters. The summed E-state index contributed by atoms with van der Waals surface area (Å²) in [5.41, 5.74) is 8.01. The number of rotatable bonds is 4. The minimum atomic E-state index is -0.368. The summed E-state index contributed by atoms with van der Waals surface area (Å²) < 4.78 is 13.3. The fourth-order valence-corrected chi connectivity index (χ4v) is 3.54. The molecule has 3 N–H and O–H groups in total. The first kappa shape index (κ1) is 18.7. The van der Waals surface area contributed by atoms with E-state index in [1.807, 2.05) is 24.1 Å². The van der Waals surface area contributed by atoms with E-state index < -0.39 is 0 Å². The summed E-state index contributed by atoms with van der Waals surface area (Å²) in [4.78, 5) is 17.3. The van der Waals surface area contributed by atoms with Crippen LogP contribution in [0.1, 0.15) is 44.1 Å².